The molecule has 0 rings (SSSR count). The van der Waals surface area contributed by atoms with Crippen LogP contribution in [0.3, 0.4) is 0 Å². The summed E-state index contributed by atoms with van der Waals surface area (Å²) in [7, 11) is -2.40. The molecule has 0 radical (unpaired) electrons. The van der Waals surface area contributed by atoms with E-state index in [0.29, 0.717) is 0 Å². The second-order valence-corrected chi connectivity index (χ2v) is 5.59. The van der Waals surface area contributed by atoms with Gasteiger partial charge in [-0.25, -0.2) is 4.39 Å². The predicted molar refractivity (Wildman–Crippen MR) is 30.0 cm³/mol. The van der Waals surface area contributed by atoms with E-state index in [1.165, 1.54) is 20.3 Å². The van der Waals surface area contributed by atoms with Crippen LogP contribution in [0, 0.1) is 0 Å². The first-order chi connectivity index (χ1) is 2.94. The fourth-order valence-electron chi connectivity index (χ4n) is 0. The zero-order valence-corrected chi connectivity index (χ0v) is 5.71. The molecule has 0 spiro atoms. The maximum atomic E-state index is 11.9. The zero-order valence-electron chi connectivity index (χ0n) is 4.81. The van der Waals surface area contributed by atoms with E-state index in [2.05, 4.69) is 0 Å². The Morgan fingerprint density at radius 2 is 1.71 bits per heavy atom. The Bertz CT molecular complexity index is 93.9. The molecule has 0 aliphatic rings. The molecule has 1 nitrogen and oxygen atoms in total. The van der Waals surface area contributed by atoms with E-state index in [1.807, 2.05) is 0 Å². The fourth-order valence-corrected chi connectivity index (χ4v) is 0. The van der Waals surface area contributed by atoms with E-state index in [9.17, 15) is 8.96 Å². The van der Waals surface area contributed by atoms with Crippen molar-refractivity contribution in [2.75, 3.05) is 13.3 Å². The molecule has 0 saturated heterocycles. The summed E-state index contributed by atoms with van der Waals surface area (Å²) in [4.78, 5) is 0. The van der Waals surface area contributed by atoms with Crippen molar-refractivity contribution >= 4 is 7.14 Å². The van der Waals surface area contributed by atoms with Gasteiger partial charge in [-0.2, -0.15) is 0 Å². The smallest absolute Gasteiger partial charge is 0.149 e. The summed E-state index contributed by atoms with van der Waals surface area (Å²) in [6.45, 7) is 4.20. The van der Waals surface area contributed by atoms with Gasteiger partial charge in [-0.3, -0.25) is 0 Å². The third-order valence-electron chi connectivity index (χ3n) is 0.857. The fraction of sp³-hybridized carbons (Fsp3) is 1.00. The van der Waals surface area contributed by atoms with E-state index in [4.69, 9.17) is 0 Å². The molecule has 7 heavy (non-hydrogen) atoms. The van der Waals surface area contributed by atoms with Crippen LogP contribution >= 0.6 is 7.14 Å². The van der Waals surface area contributed by atoms with E-state index in [0.717, 1.165) is 0 Å². The average Bonchev–Trinajstić information content (AvgIpc) is 1.31. The zero-order chi connectivity index (χ0) is 6.08. The van der Waals surface area contributed by atoms with Crippen LogP contribution in [-0.2, 0) is 4.57 Å². The molecule has 0 N–H and O–H groups in total. The van der Waals surface area contributed by atoms with Gasteiger partial charge < -0.3 is 4.57 Å². The highest BCUT2D eigenvalue weighted by molar-refractivity contribution is 7.62. The number of halogens is 1. The minimum absolute atomic E-state index is 1.15. The third-order valence-corrected chi connectivity index (χ3v) is 2.57. The van der Waals surface area contributed by atoms with E-state index >= 15 is 0 Å². The van der Waals surface area contributed by atoms with Gasteiger partial charge in [0.05, 0.1) is 0 Å². The Kier molecular flexibility index (Phi) is 2.00. The number of rotatable bonds is 1. The lowest BCUT2D eigenvalue weighted by Crippen LogP contribution is -1.90. The molecule has 0 aromatic carbocycles. The molecule has 0 amide bonds. The predicted octanol–water partition coefficient (Wildman–Crippen LogP) is 1.92. The Morgan fingerprint density at radius 1 is 1.57 bits per heavy atom. The molecule has 0 bridgehead atoms. The minimum Gasteiger partial charge on any atom is -0.321 e. The molecule has 44 valence electrons. The van der Waals surface area contributed by atoms with Crippen molar-refractivity contribution in [1.29, 1.82) is 0 Å². The molecule has 0 aliphatic heterocycles. The summed E-state index contributed by atoms with van der Waals surface area (Å²) in [6, 6.07) is 0. The number of hydrogen-bond donors (Lipinski definition) is 0. The second kappa shape index (κ2) is 1.95. The van der Waals surface area contributed by atoms with E-state index in [1.54, 1.807) is 0 Å². The van der Waals surface area contributed by atoms with E-state index in [-0.39, 0.29) is 0 Å². The topological polar surface area (TPSA) is 17.1 Å². The van der Waals surface area contributed by atoms with Gasteiger partial charge in [0, 0.05) is 0 Å². The monoisotopic (exact) mass is 124 g/mol. The number of alkyl halides is 1. The largest absolute Gasteiger partial charge is 0.321 e. The molecule has 3 heteroatoms. The summed E-state index contributed by atoms with van der Waals surface area (Å²) in [6.07, 6.45) is 0. The summed E-state index contributed by atoms with van der Waals surface area (Å²) < 4.78 is 22.5. The van der Waals surface area contributed by atoms with Gasteiger partial charge >= 0.3 is 0 Å². The van der Waals surface area contributed by atoms with Crippen LogP contribution in [0.5, 0.6) is 0 Å². The maximum Gasteiger partial charge on any atom is 0.149 e. The Morgan fingerprint density at radius 3 is 1.71 bits per heavy atom. The van der Waals surface area contributed by atoms with Crippen LogP contribution in [0.4, 0.5) is 4.39 Å². The van der Waals surface area contributed by atoms with Gasteiger partial charge in [-0.05, 0) is 20.3 Å². The standard InChI is InChI=1S/C4H10FOP/c1-4(5)7(2,3)6/h4H,1-3H3/t4-/m0/s1. The van der Waals surface area contributed by atoms with Crippen LogP contribution in [0.25, 0.3) is 0 Å². The van der Waals surface area contributed by atoms with Crippen LogP contribution in [-0.4, -0.2) is 19.2 Å². The lowest BCUT2D eigenvalue weighted by Gasteiger charge is -2.04. The SMILES string of the molecule is C[C@@H](F)P(C)(C)=O. The molecule has 0 aromatic heterocycles. The van der Waals surface area contributed by atoms with Gasteiger partial charge in [0.15, 0.2) is 0 Å². The van der Waals surface area contributed by atoms with Gasteiger partial charge in [-0.15, -0.1) is 0 Å². The first kappa shape index (κ1) is 7.16. The quantitative estimate of drug-likeness (QED) is 0.488. The van der Waals surface area contributed by atoms with Crippen molar-refractivity contribution in [3.63, 3.8) is 0 Å². The summed E-state index contributed by atoms with van der Waals surface area (Å²) in [5.74, 6) is -1.15. The molecule has 0 aromatic rings. The summed E-state index contributed by atoms with van der Waals surface area (Å²) in [5.41, 5.74) is 0. The molecular weight excluding hydrogens is 114 g/mol. The Labute approximate surface area is 43.3 Å². The molecule has 0 unspecified atom stereocenters. The minimum atomic E-state index is -2.40. The lowest BCUT2D eigenvalue weighted by molar-refractivity contribution is 0.447. The summed E-state index contributed by atoms with van der Waals surface area (Å²) >= 11 is 0. The molecule has 0 saturated carbocycles. The summed E-state index contributed by atoms with van der Waals surface area (Å²) in [5, 5.41) is 0. The molecule has 0 aliphatic carbocycles. The lowest BCUT2D eigenvalue weighted by atomic mass is 10.9. The highest BCUT2D eigenvalue weighted by Gasteiger charge is 2.15. The Balaban J connectivity index is 3.80. The highest BCUT2D eigenvalue weighted by Crippen LogP contribution is 2.42. The van der Waals surface area contributed by atoms with Crippen molar-refractivity contribution in [1.82, 2.24) is 0 Å². The maximum absolute atomic E-state index is 11.9. The van der Waals surface area contributed by atoms with Crippen LogP contribution in [0.15, 0.2) is 0 Å². The van der Waals surface area contributed by atoms with E-state index < -0.39 is 13.1 Å². The van der Waals surface area contributed by atoms with Crippen molar-refractivity contribution in [2.24, 2.45) is 0 Å². The third kappa shape index (κ3) is 2.81. The first-order valence-corrected chi connectivity index (χ1v) is 4.80. The second-order valence-electron chi connectivity index (χ2n) is 2.01. The normalized spacial score (nSPS) is 16.6. The van der Waals surface area contributed by atoms with Crippen LogP contribution in [0.1, 0.15) is 6.92 Å². The van der Waals surface area contributed by atoms with Crippen LogP contribution in [0.2, 0.25) is 0 Å². The Hall–Kier alpha value is 0.160. The van der Waals surface area contributed by atoms with Gasteiger partial charge in [0.2, 0.25) is 0 Å². The average molecular weight is 124 g/mol. The molecule has 0 heterocycles. The van der Waals surface area contributed by atoms with Crippen molar-refractivity contribution < 1.29 is 8.96 Å². The molecule has 1 atom stereocenters. The van der Waals surface area contributed by atoms with Crippen molar-refractivity contribution in [3.05, 3.63) is 0 Å². The van der Waals surface area contributed by atoms with Crippen molar-refractivity contribution in [2.45, 2.75) is 12.8 Å². The van der Waals surface area contributed by atoms with Crippen molar-refractivity contribution in [3.8, 4) is 0 Å². The number of hydrogen-bond acceptors (Lipinski definition) is 1. The van der Waals surface area contributed by atoms with Gasteiger partial charge in [-0.1, -0.05) is 0 Å². The van der Waals surface area contributed by atoms with Crippen LogP contribution < -0.4 is 0 Å². The molecular formula is C4H10FOP. The van der Waals surface area contributed by atoms with Gasteiger partial charge in [0.1, 0.15) is 13.1 Å². The molecule has 0 fully saturated rings. The van der Waals surface area contributed by atoms with Gasteiger partial charge in [0.25, 0.3) is 0 Å². The first-order valence-electron chi connectivity index (χ1n) is 2.13. The highest BCUT2D eigenvalue weighted by atomic mass is 31.2.